The first-order valence-electron chi connectivity index (χ1n) is 12.4. The lowest BCUT2D eigenvalue weighted by Crippen LogP contribution is -2.26. The first-order chi connectivity index (χ1) is 16.8. The summed E-state index contributed by atoms with van der Waals surface area (Å²) in [7, 11) is 0. The maximum atomic E-state index is 13.5. The van der Waals surface area contributed by atoms with Crippen LogP contribution in [0.2, 0.25) is 0 Å². The molecule has 0 bridgehead atoms. The van der Waals surface area contributed by atoms with E-state index in [1.165, 1.54) is 0 Å². The number of benzene rings is 1. The molecule has 0 spiro atoms. The number of tetrazole rings is 1. The third-order valence-electron chi connectivity index (χ3n) is 7.04. The maximum absolute atomic E-state index is 13.5. The maximum Gasteiger partial charge on any atom is 0.328 e. The molecule has 1 saturated carbocycles. The fourth-order valence-electron chi connectivity index (χ4n) is 4.96. The molecule has 35 heavy (non-hydrogen) atoms. The second-order valence-electron chi connectivity index (χ2n) is 10.6. The van der Waals surface area contributed by atoms with Crippen molar-refractivity contribution < 1.29 is 0 Å². The van der Waals surface area contributed by atoms with Crippen molar-refractivity contribution in [3.05, 3.63) is 70.7 Å². The van der Waals surface area contributed by atoms with E-state index in [0.717, 1.165) is 53.8 Å². The van der Waals surface area contributed by atoms with Crippen LogP contribution in [0.15, 0.2) is 53.6 Å². The predicted octanol–water partition coefficient (Wildman–Crippen LogP) is 4.89. The molecule has 2 unspecified atom stereocenters. The lowest BCUT2D eigenvalue weighted by atomic mass is 9.90. The van der Waals surface area contributed by atoms with E-state index in [1.807, 2.05) is 39.6 Å². The van der Waals surface area contributed by atoms with Crippen molar-refractivity contribution in [1.82, 2.24) is 34.7 Å². The van der Waals surface area contributed by atoms with Gasteiger partial charge in [0.2, 0.25) is 5.82 Å². The molecule has 182 valence electrons. The summed E-state index contributed by atoms with van der Waals surface area (Å²) < 4.78 is 3.91. The van der Waals surface area contributed by atoms with E-state index in [9.17, 15) is 4.79 Å². The van der Waals surface area contributed by atoms with Crippen LogP contribution in [0.4, 0.5) is 0 Å². The van der Waals surface area contributed by atoms with E-state index in [2.05, 4.69) is 71.6 Å². The lowest BCUT2D eigenvalue weighted by molar-refractivity contribution is 0.327. The molecule has 1 aromatic carbocycles. The van der Waals surface area contributed by atoms with Crippen LogP contribution < -0.4 is 5.69 Å². The molecule has 5 rings (SSSR count). The van der Waals surface area contributed by atoms with Crippen LogP contribution in [0.3, 0.4) is 0 Å². The van der Waals surface area contributed by atoms with Crippen molar-refractivity contribution in [2.75, 3.05) is 0 Å². The summed E-state index contributed by atoms with van der Waals surface area (Å²) in [6.45, 7) is 9.45. The Morgan fingerprint density at radius 3 is 2.63 bits per heavy atom. The van der Waals surface area contributed by atoms with Gasteiger partial charge in [0.25, 0.3) is 0 Å². The number of aromatic amines is 1. The third kappa shape index (κ3) is 4.83. The number of hydrogen-bond donors (Lipinski definition) is 1. The summed E-state index contributed by atoms with van der Waals surface area (Å²) in [6.07, 6.45) is 8.05. The Kier molecular flexibility index (Phi) is 6.13. The SMILES string of the molecule is CCCCc1cn(C2CC2C(C)(C)C)c(=O)n1Cc1cc(-c2cccc(-c3nn[nH]n3)c2)ccn1. The number of hydrogen-bond acceptors (Lipinski definition) is 5. The summed E-state index contributed by atoms with van der Waals surface area (Å²) in [5.41, 5.74) is 5.23. The van der Waals surface area contributed by atoms with Crippen molar-refractivity contribution in [3.8, 4) is 22.5 Å². The highest BCUT2D eigenvalue weighted by atomic mass is 16.1. The second-order valence-corrected chi connectivity index (χ2v) is 10.6. The summed E-state index contributed by atoms with van der Waals surface area (Å²) >= 11 is 0. The minimum absolute atomic E-state index is 0.0826. The van der Waals surface area contributed by atoms with Gasteiger partial charge in [0.15, 0.2) is 0 Å². The Hall–Kier alpha value is -3.55. The van der Waals surface area contributed by atoms with E-state index in [4.69, 9.17) is 0 Å². The smallest absolute Gasteiger partial charge is 0.296 e. The molecule has 1 aliphatic rings. The molecule has 0 saturated heterocycles. The van der Waals surface area contributed by atoms with E-state index in [-0.39, 0.29) is 11.1 Å². The van der Waals surface area contributed by atoms with Crippen molar-refractivity contribution in [2.24, 2.45) is 11.3 Å². The minimum atomic E-state index is 0.0826. The molecule has 0 amide bonds. The highest BCUT2D eigenvalue weighted by Crippen LogP contribution is 2.53. The van der Waals surface area contributed by atoms with E-state index in [0.29, 0.717) is 24.3 Å². The number of pyridine rings is 1. The van der Waals surface area contributed by atoms with Gasteiger partial charge in [-0.15, -0.1) is 10.2 Å². The number of imidazole rings is 1. The van der Waals surface area contributed by atoms with Gasteiger partial charge < -0.3 is 0 Å². The molecule has 1 N–H and O–H groups in total. The number of nitrogens with one attached hydrogen (secondary N) is 1. The van der Waals surface area contributed by atoms with Crippen molar-refractivity contribution in [3.63, 3.8) is 0 Å². The molecule has 3 aromatic heterocycles. The quantitative estimate of drug-likeness (QED) is 0.395. The summed E-state index contributed by atoms with van der Waals surface area (Å²) in [6, 6.07) is 12.4. The summed E-state index contributed by atoms with van der Waals surface area (Å²) in [5, 5.41) is 14.3. The van der Waals surface area contributed by atoms with Crippen LogP contribution in [0.5, 0.6) is 0 Å². The molecule has 2 atom stereocenters. The first-order valence-corrected chi connectivity index (χ1v) is 12.4. The topological polar surface area (TPSA) is 94.3 Å². The zero-order chi connectivity index (χ0) is 24.6. The Morgan fingerprint density at radius 2 is 1.91 bits per heavy atom. The van der Waals surface area contributed by atoms with Gasteiger partial charge in [0.05, 0.1) is 12.2 Å². The molecule has 4 aromatic rings. The summed E-state index contributed by atoms with van der Waals surface area (Å²) in [5.74, 6) is 1.10. The molecular formula is C27H33N7O. The number of rotatable bonds is 8. The van der Waals surface area contributed by atoms with Gasteiger partial charge >= 0.3 is 5.69 Å². The van der Waals surface area contributed by atoms with Crippen molar-refractivity contribution in [1.29, 1.82) is 0 Å². The average molecular weight is 472 g/mol. The van der Waals surface area contributed by atoms with Crippen molar-refractivity contribution >= 4 is 0 Å². The van der Waals surface area contributed by atoms with Gasteiger partial charge in [0.1, 0.15) is 0 Å². The highest BCUT2D eigenvalue weighted by Gasteiger charge is 2.47. The van der Waals surface area contributed by atoms with Gasteiger partial charge in [-0.05, 0) is 65.1 Å². The van der Waals surface area contributed by atoms with Crippen molar-refractivity contribution in [2.45, 2.75) is 66.0 Å². The van der Waals surface area contributed by atoms with E-state index < -0.39 is 0 Å². The van der Waals surface area contributed by atoms with Gasteiger partial charge in [-0.1, -0.05) is 52.3 Å². The minimum Gasteiger partial charge on any atom is -0.296 e. The molecule has 1 fully saturated rings. The molecule has 1 aliphatic carbocycles. The van der Waals surface area contributed by atoms with Gasteiger partial charge in [-0.2, -0.15) is 5.21 Å². The molecular weight excluding hydrogens is 438 g/mol. The zero-order valence-electron chi connectivity index (χ0n) is 20.9. The highest BCUT2D eigenvalue weighted by molar-refractivity contribution is 5.70. The summed E-state index contributed by atoms with van der Waals surface area (Å²) in [4.78, 5) is 18.1. The average Bonchev–Trinajstić information content (AvgIpc) is 3.36. The fourth-order valence-corrected chi connectivity index (χ4v) is 4.96. The fraction of sp³-hybridized carbons (Fsp3) is 0.444. The van der Waals surface area contributed by atoms with E-state index >= 15 is 0 Å². The number of aromatic nitrogens is 7. The first kappa shape index (κ1) is 23.2. The molecule has 0 aliphatic heterocycles. The molecule has 0 radical (unpaired) electrons. The Morgan fingerprint density at radius 1 is 1.11 bits per heavy atom. The zero-order valence-corrected chi connectivity index (χ0v) is 20.9. The molecule has 3 heterocycles. The largest absolute Gasteiger partial charge is 0.328 e. The van der Waals surface area contributed by atoms with Crippen LogP contribution in [0, 0.1) is 11.3 Å². The number of H-pyrrole nitrogens is 1. The van der Waals surface area contributed by atoms with Crippen LogP contribution in [0.1, 0.15) is 64.4 Å². The monoisotopic (exact) mass is 471 g/mol. The van der Waals surface area contributed by atoms with Gasteiger partial charge in [-0.3, -0.25) is 14.1 Å². The number of nitrogens with zero attached hydrogens (tertiary/aromatic N) is 6. The third-order valence-corrected chi connectivity index (χ3v) is 7.04. The van der Waals surface area contributed by atoms with Crippen LogP contribution >= 0.6 is 0 Å². The number of aryl methyl sites for hydroxylation is 1. The Labute approximate surface area is 205 Å². The van der Waals surface area contributed by atoms with Crippen LogP contribution in [0.25, 0.3) is 22.5 Å². The standard InChI is InChI=1S/C27H33N7O/c1-5-6-10-22-17-34(24-15-23(24)27(2,3)4)26(35)33(22)16-21-14-19(11-12-28-21)18-8-7-9-20(13-18)25-29-31-32-30-25/h7-9,11-14,17,23-24H,5-6,10,15-16H2,1-4H3,(H,29,30,31,32). The van der Waals surface area contributed by atoms with E-state index in [1.54, 1.807) is 0 Å². The van der Waals surface area contributed by atoms with Gasteiger partial charge in [-0.25, -0.2) is 4.79 Å². The van der Waals surface area contributed by atoms with Crippen LogP contribution in [-0.4, -0.2) is 34.7 Å². The number of unbranched alkanes of at least 4 members (excludes halogenated alkanes) is 1. The molecule has 8 heteroatoms. The normalized spacial score (nSPS) is 17.6. The predicted molar refractivity (Wildman–Crippen MR) is 136 cm³/mol. The van der Waals surface area contributed by atoms with Crippen LogP contribution in [-0.2, 0) is 13.0 Å². The Bertz CT molecular complexity index is 1360. The second kappa shape index (κ2) is 9.24. The molecule has 8 nitrogen and oxygen atoms in total. The van der Waals surface area contributed by atoms with Gasteiger partial charge in [0, 0.05) is 29.7 Å². The Balaban J connectivity index is 1.44. The lowest BCUT2D eigenvalue weighted by Gasteiger charge is -2.17.